The average Bonchev–Trinajstić information content (AvgIpc) is 2.63. The molecule has 0 radical (unpaired) electrons. The van der Waals surface area contributed by atoms with E-state index in [1.165, 1.54) is 10.6 Å². The van der Waals surface area contributed by atoms with Crippen LogP contribution in [0.3, 0.4) is 0 Å². The first-order chi connectivity index (χ1) is 8.87. The van der Waals surface area contributed by atoms with Gasteiger partial charge in [-0.05, 0) is 32.1 Å². The van der Waals surface area contributed by atoms with Crippen LogP contribution in [-0.4, -0.2) is 55.7 Å². The summed E-state index contributed by atoms with van der Waals surface area (Å²) in [5.41, 5.74) is -0.388. The molecule has 0 aromatic rings. The third-order valence-electron chi connectivity index (χ3n) is 4.31. The monoisotopic (exact) mass is 290 g/mol. The highest BCUT2D eigenvalue weighted by Gasteiger charge is 2.48. The van der Waals surface area contributed by atoms with E-state index in [1.54, 1.807) is 0 Å². The van der Waals surface area contributed by atoms with Gasteiger partial charge >= 0.3 is 0 Å². The number of amides is 1. The number of nitrogens with zero attached hydrogens (tertiary/aromatic N) is 1. The number of aliphatic hydroxyl groups excluding tert-OH is 1. The molecule has 0 bridgehead atoms. The van der Waals surface area contributed by atoms with Gasteiger partial charge < -0.3 is 10.4 Å². The molecule has 0 aliphatic carbocycles. The molecule has 0 aromatic heterocycles. The lowest BCUT2D eigenvalue weighted by Crippen LogP contribution is -2.45. The Morgan fingerprint density at radius 1 is 1.42 bits per heavy atom. The Morgan fingerprint density at radius 3 is 2.58 bits per heavy atom. The van der Waals surface area contributed by atoms with Crippen molar-refractivity contribution in [2.45, 2.75) is 38.1 Å². The maximum Gasteiger partial charge on any atom is 0.226 e. The first-order valence-electron chi connectivity index (χ1n) is 6.74. The van der Waals surface area contributed by atoms with Gasteiger partial charge in [-0.3, -0.25) is 4.79 Å². The number of carbonyl (C=O) groups excluding carboxylic acids is 1. The summed E-state index contributed by atoms with van der Waals surface area (Å²) in [6.45, 7) is 0.999. The number of rotatable bonds is 4. The van der Waals surface area contributed by atoms with Crippen LogP contribution < -0.4 is 5.32 Å². The lowest BCUT2D eigenvalue weighted by Gasteiger charge is -2.36. The Morgan fingerprint density at radius 2 is 2.05 bits per heavy atom. The smallest absolute Gasteiger partial charge is 0.226 e. The van der Waals surface area contributed by atoms with E-state index in [2.05, 4.69) is 5.32 Å². The van der Waals surface area contributed by atoms with Crippen molar-refractivity contribution in [3.05, 3.63) is 0 Å². The number of carbonyl (C=O) groups is 1. The summed E-state index contributed by atoms with van der Waals surface area (Å²) < 4.78 is 24.4. The largest absolute Gasteiger partial charge is 0.396 e. The van der Waals surface area contributed by atoms with Crippen LogP contribution in [0.5, 0.6) is 0 Å². The van der Waals surface area contributed by atoms with E-state index in [0.717, 1.165) is 12.8 Å². The molecule has 1 unspecified atom stereocenters. The fraction of sp³-hybridized carbons (Fsp3) is 0.917. The third kappa shape index (κ3) is 3.09. The summed E-state index contributed by atoms with van der Waals surface area (Å²) in [6.07, 6.45) is 4.66. The van der Waals surface area contributed by atoms with Gasteiger partial charge in [0.1, 0.15) is 0 Å². The molecule has 2 aliphatic rings. The first kappa shape index (κ1) is 14.7. The zero-order chi connectivity index (χ0) is 14.1. The lowest BCUT2D eigenvalue weighted by molar-refractivity contribution is -0.129. The van der Waals surface area contributed by atoms with E-state index in [-0.39, 0.29) is 24.0 Å². The summed E-state index contributed by atoms with van der Waals surface area (Å²) in [5.74, 6) is 0.0589. The molecule has 110 valence electrons. The maximum atomic E-state index is 12.1. The number of aliphatic hydroxyl groups is 1. The predicted molar refractivity (Wildman–Crippen MR) is 71.0 cm³/mol. The lowest BCUT2D eigenvalue weighted by atomic mass is 9.76. The molecule has 1 amide bonds. The molecule has 2 heterocycles. The van der Waals surface area contributed by atoms with E-state index in [4.69, 9.17) is 5.11 Å². The molecule has 1 spiro atoms. The Hall–Kier alpha value is -0.660. The minimum absolute atomic E-state index is 0.0589. The van der Waals surface area contributed by atoms with Crippen LogP contribution in [0.15, 0.2) is 0 Å². The molecular formula is C12H22N2O4S. The van der Waals surface area contributed by atoms with Gasteiger partial charge in [-0.15, -0.1) is 0 Å². The zero-order valence-corrected chi connectivity index (χ0v) is 12.1. The van der Waals surface area contributed by atoms with Crippen molar-refractivity contribution in [2.75, 3.05) is 26.0 Å². The predicted octanol–water partition coefficient (Wildman–Crippen LogP) is -0.311. The second-order valence-corrected chi connectivity index (χ2v) is 7.67. The van der Waals surface area contributed by atoms with Gasteiger partial charge in [0.05, 0.1) is 11.7 Å². The number of hydrogen-bond acceptors (Lipinski definition) is 4. The number of sulfonamides is 1. The molecule has 6 nitrogen and oxygen atoms in total. The van der Waals surface area contributed by atoms with Gasteiger partial charge in [-0.1, -0.05) is 0 Å². The van der Waals surface area contributed by atoms with Gasteiger partial charge in [0.15, 0.2) is 0 Å². The second-order valence-electron chi connectivity index (χ2n) is 5.68. The van der Waals surface area contributed by atoms with Crippen LogP contribution in [0.1, 0.15) is 32.1 Å². The van der Waals surface area contributed by atoms with Gasteiger partial charge in [-0.25, -0.2) is 12.7 Å². The van der Waals surface area contributed by atoms with Crippen LogP contribution in [0.2, 0.25) is 0 Å². The number of piperidine rings is 1. The molecule has 0 aromatic carbocycles. The SMILES string of the molecule is CS(=O)(=O)N1CCC2(CC1)CC(CCCO)NC2=O. The summed E-state index contributed by atoms with van der Waals surface area (Å²) in [6, 6.07) is 0.129. The van der Waals surface area contributed by atoms with Crippen molar-refractivity contribution in [3.8, 4) is 0 Å². The number of nitrogens with one attached hydrogen (secondary N) is 1. The molecule has 1 atom stereocenters. The molecular weight excluding hydrogens is 268 g/mol. The van der Waals surface area contributed by atoms with Crippen LogP contribution >= 0.6 is 0 Å². The standard InChI is InChI=1S/C12H22N2O4S/c1-19(17,18)14-6-4-12(5-7-14)9-10(3-2-8-15)13-11(12)16/h10,15H,2-9H2,1H3,(H,13,16). The molecule has 2 saturated heterocycles. The van der Waals surface area contributed by atoms with Gasteiger partial charge in [0, 0.05) is 25.7 Å². The van der Waals surface area contributed by atoms with E-state index in [1.807, 2.05) is 0 Å². The Bertz CT molecular complexity index is 441. The molecule has 2 rings (SSSR count). The Labute approximate surface area is 114 Å². The van der Waals surface area contributed by atoms with Crippen LogP contribution in [-0.2, 0) is 14.8 Å². The molecule has 0 saturated carbocycles. The zero-order valence-electron chi connectivity index (χ0n) is 11.3. The van der Waals surface area contributed by atoms with Gasteiger partial charge in [0.2, 0.25) is 15.9 Å². The highest BCUT2D eigenvalue weighted by atomic mass is 32.2. The molecule has 2 aliphatic heterocycles. The summed E-state index contributed by atoms with van der Waals surface area (Å²) in [7, 11) is -3.15. The van der Waals surface area contributed by atoms with E-state index in [0.29, 0.717) is 32.4 Å². The normalized spacial score (nSPS) is 27.7. The fourth-order valence-corrected chi connectivity index (χ4v) is 3.99. The summed E-state index contributed by atoms with van der Waals surface area (Å²) in [5, 5.41) is 11.8. The topological polar surface area (TPSA) is 86.7 Å². The third-order valence-corrected chi connectivity index (χ3v) is 5.62. The van der Waals surface area contributed by atoms with E-state index >= 15 is 0 Å². The van der Waals surface area contributed by atoms with Crippen molar-refractivity contribution in [1.29, 1.82) is 0 Å². The second kappa shape index (κ2) is 5.38. The summed E-state index contributed by atoms with van der Waals surface area (Å²) >= 11 is 0. The van der Waals surface area contributed by atoms with Crippen molar-refractivity contribution in [3.63, 3.8) is 0 Å². The molecule has 2 N–H and O–H groups in total. The van der Waals surface area contributed by atoms with Gasteiger partial charge in [-0.2, -0.15) is 0 Å². The van der Waals surface area contributed by atoms with E-state index in [9.17, 15) is 13.2 Å². The minimum atomic E-state index is -3.15. The molecule has 7 heteroatoms. The van der Waals surface area contributed by atoms with Crippen LogP contribution in [0.25, 0.3) is 0 Å². The molecule has 19 heavy (non-hydrogen) atoms. The first-order valence-corrected chi connectivity index (χ1v) is 8.59. The van der Waals surface area contributed by atoms with Crippen molar-refractivity contribution < 1.29 is 18.3 Å². The minimum Gasteiger partial charge on any atom is -0.396 e. The molecule has 2 fully saturated rings. The Kier molecular flexibility index (Phi) is 4.17. The Balaban J connectivity index is 1.97. The quantitative estimate of drug-likeness (QED) is 0.743. The van der Waals surface area contributed by atoms with E-state index < -0.39 is 10.0 Å². The maximum absolute atomic E-state index is 12.1. The highest BCUT2D eigenvalue weighted by Crippen LogP contribution is 2.41. The summed E-state index contributed by atoms with van der Waals surface area (Å²) in [4.78, 5) is 12.1. The van der Waals surface area contributed by atoms with Crippen molar-refractivity contribution in [1.82, 2.24) is 9.62 Å². The fourth-order valence-electron chi connectivity index (χ4n) is 3.14. The average molecular weight is 290 g/mol. The van der Waals surface area contributed by atoms with Crippen molar-refractivity contribution in [2.24, 2.45) is 5.41 Å². The van der Waals surface area contributed by atoms with Crippen LogP contribution in [0.4, 0.5) is 0 Å². The van der Waals surface area contributed by atoms with Crippen LogP contribution in [0, 0.1) is 5.41 Å². The van der Waals surface area contributed by atoms with Gasteiger partial charge in [0.25, 0.3) is 0 Å². The van der Waals surface area contributed by atoms with Crippen molar-refractivity contribution >= 4 is 15.9 Å². The highest BCUT2D eigenvalue weighted by molar-refractivity contribution is 7.88. The number of hydrogen-bond donors (Lipinski definition) is 2.